The van der Waals surface area contributed by atoms with E-state index in [9.17, 15) is 77.6 Å². The Hall–Kier alpha value is -9.34. The number of carboxylic acid groups (broad SMARTS) is 1. The summed E-state index contributed by atoms with van der Waals surface area (Å²) in [5, 5.41) is 77.2. The molecular weight excluding hydrogens is 1160 g/mol. The monoisotopic (exact) mass is 1240 g/mol. The zero-order chi connectivity index (χ0) is 65.9. The van der Waals surface area contributed by atoms with Gasteiger partial charge < -0.3 is 101 Å². The maximum atomic E-state index is 13.6. The van der Waals surface area contributed by atoms with Crippen molar-refractivity contribution in [3.8, 4) is 0 Å². The van der Waals surface area contributed by atoms with Gasteiger partial charge in [0.25, 0.3) is 0 Å². The van der Waals surface area contributed by atoms with E-state index < -0.39 is 184 Å². The van der Waals surface area contributed by atoms with Gasteiger partial charge >= 0.3 is 5.97 Å². The van der Waals surface area contributed by atoms with Crippen LogP contribution in [0.4, 0.5) is 0 Å². The van der Waals surface area contributed by atoms with E-state index in [2.05, 4.69) is 69.1 Å². The van der Waals surface area contributed by atoms with Crippen LogP contribution >= 0.6 is 0 Å². The number of amides is 12. The fraction of sp³-hybridized carbons (Fsp3) is 0.527. The minimum atomic E-state index is -1.68. The third-order valence-corrected chi connectivity index (χ3v) is 12.9. The van der Waals surface area contributed by atoms with E-state index in [0.29, 0.717) is 17.5 Å². The van der Waals surface area contributed by atoms with Gasteiger partial charge in [-0.15, -0.1) is 0 Å². The lowest BCUT2D eigenvalue weighted by Crippen LogP contribution is -2.59. The zero-order valence-electron chi connectivity index (χ0n) is 49.4. The van der Waals surface area contributed by atoms with Crippen LogP contribution in [0.5, 0.6) is 0 Å². The highest BCUT2D eigenvalue weighted by Crippen LogP contribution is 2.11. The quantitative estimate of drug-likeness (QED) is 0.0167. The van der Waals surface area contributed by atoms with Crippen molar-refractivity contribution in [1.82, 2.24) is 69.1 Å². The summed E-state index contributed by atoms with van der Waals surface area (Å²) in [5.41, 5.74) is 11.9. The predicted molar refractivity (Wildman–Crippen MR) is 314 cm³/mol. The average molecular weight is 1240 g/mol. The van der Waals surface area contributed by atoms with Gasteiger partial charge in [0.1, 0.15) is 48.3 Å². The summed E-state index contributed by atoms with van der Waals surface area (Å²) >= 11 is 0. The Bertz CT molecular complexity index is 2690. The zero-order valence-corrected chi connectivity index (χ0v) is 49.4. The van der Waals surface area contributed by atoms with Gasteiger partial charge in [-0.2, -0.15) is 0 Å². The van der Waals surface area contributed by atoms with Crippen LogP contribution in [0.15, 0.2) is 60.7 Å². The first-order chi connectivity index (χ1) is 41.7. The van der Waals surface area contributed by atoms with Crippen molar-refractivity contribution in [2.24, 2.45) is 23.3 Å². The van der Waals surface area contributed by atoms with E-state index in [1.54, 1.807) is 88.4 Å². The van der Waals surface area contributed by atoms with Crippen molar-refractivity contribution >= 4 is 82.8 Å². The van der Waals surface area contributed by atoms with E-state index in [1.807, 2.05) is 0 Å². The molecule has 12 amide bonds. The van der Waals surface area contributed by atoms with Gasteiger partial charge in [0.05, 0.1) is 52.5 Å². The third kappa shape index (κ3) is 29.2. The van der Waals surface area contributed by atoms with Crippen LogP contribution in [-0.2, 0) is 75.2 Å². The van der Waals surface area contributed by atoms with Crippen LogP contribution in [0.3, 0.4) is 0 Å². The van der Waals surface area contributed by atoms with Crippen LogP contribution in [-0.4, -0.2) is 211 Å². The molecule has 2 aromatic rings. The molecule has 0 bridgehead atoms. The lowest BCUT2D eigenvalue weighted by Gasteiger charge is -2.26. The first-order valence-corrected chi connectivity index (χ1v) is 28.1. The molecule has 22 N–H and O–H groups in total. The Balaban J connectivity index is 2.03. The highest BCUT2D eigenvalue weighted by Gasteiger charge is 2.33. The SMILES string of the molecule is CC[C@H](C)[C@H](NC(=O)CNC(=O)[C@H](Cc1ccccc1)NC(=O)CNC(=O)CNC(=O)[C@@H](N)CO)C(=O)N[C@@H](CO)C(=O)NCC(=O)N[C@@H](CC(C)C)C(=O)NCC(=O)N[C@@H](CO)C(=O)N[C@@H](CCCNC(=N)N)C(=O)N[C@@H](Cc1ccccc1)C(=O)O. The first kappa shape index (κ1) is 74.8. The van der Waals surface area contributed by atoms with Crippen molar-refractivity contribution in [2.45, 2.75) is 115 Å². The van der Waals surface area contributed by atoms with E-state index in [4.69, 9.17) is 22.0 Å². The summed E-state index contributed by atoms with van der Waals surface area (Å²) < 4.78 is 0. The molecule has 0 aliphatic rings. The average Bonchev–Trinajstić information content (AvgIpc) is 3.62. The molecule has 0 spiro atoms. The number of carbonyl (C=O) groups is 13. The van der Waals surface area contributed by atoms with Gasteiger partial charge in [0, 0.05) is 19.4 Å². The van der Waals surface area contributed by atoms with Crippen molar-refractivity contribution < 1.29 is 82.8 Å². The van der Waals surface area contributed by atoms with Crippen molar-refractivity contribution in [3.63, 3.8) is 0 Å². The summed E-state index contributed by atoms with van der Waals surface area (Å²) in [6.07, 6.45) is 0.200. The summed E-state index contributed by atoms with van der Waals surface area (Å²) in [6.45, 7) is 0.726. The van der Waals surface area contributed by atoms with Crippen LogP contribution < -0.4 is 80.6 Å². The molecule has 0 aromatic heterocycles. The second kappa shape index (κ2) is 40.1. The molecule has 33 heteroatoms. The maximum absolute atomic E-state index is 13.6. The summed E-state index contributed by atoms with van der Waals surface area (Å²) in [5.74, 6) is -13.4. The fourth-order valence-corrected chi connectivity index (χ4v) is 7.96. The van der Waals surface area contributed by atoms with Crippen molar-refractivity contribution in [1.29, 1.82) is 5.41 Å². The molecule has 9 atom stereocenters. The highest BCUT2D eigenvalue weighted by molar-refractivity contribution is 5.98. The second-order valence-electron chi connectivity index (χ2n) is 20.6. The Kier molecular flexibility index (Phi) is 34.1. The fourth-order valence-electron chi connectivity index (χ4n) is 7.96. The number of nitrogens with two attached hydrogens (primary N) is 2. The molecule has 0 heterocycles. The topological polar surface area (TPSA) is 535 Å². The number of aliphatic hydroxyl groups excluding tert-OH is 3. The second-order valence-corrected chi connectivity index (χ2v) is 20.6. The number of carbonyl (C=O) groups excluding carboxylic acids is 12. The van der Waals surface area contributed by atoms with Gasteiger partial charge in [0.2, 0.25) is 70.9 Å². The molecule has 0 fully saturated rings. The van der Waals surface area contributed by atoms with Gasteiger partial charge in [-0.05, 0) is 42.2 Å². The van der Waals surface area contributed by atoms with Gasteiger partial charge in [-0.25, -0.2) is 4.79 Å². The van der Waals surface area contributed by atoms with Gasteiger partial charge in [-0.1, -0.05) is 94.8 Å². The summed E-state index contributed by atoms with van der Waals surface area (Å²) in [4.78, 5) is 169. The van der Waals surface area contributed by atoms with Gasteiger partial charge in [0.15, 0.2) is 5.96 Å². The summed E-state index contributed by atoms with van der Waals surface area (Å²) in [7, 11) is 0. The standard InChI is InChI=1S/C55H84N16O17/c1-5-31(4)46(71-45(79)26-63-49(82)37(20-32-13-8-6-9-14-32)66-42(76)23-60-41(75)22-61-47(80)34(56)27-72)53(86)70-39(28-73)50(83)64-24-43(77)65-36(19-30(2)3)48(81)62-25-44(78)67-40(29-74)52(85)68-35(17-12-18-59-55(57)58)51(84)69-38(54(87)88)21-33-15-10-7-11-16-33/h6-11,13-16,30-31,34-40,46,72-74H,5,12,17-29,56H2,1-4H3,(H,60,75)(H,61,80)(H,62,81)(H,63,82)(H,64,83)(H,65,77)(H,66,76)(H,67,78)(H,68,85)(H,69,84)(H,70,86)(H,71,79)(H,87,88)(H4,57,58,59)/t31-,34-,35-,36-,37-,38-,39-,40-,46-/m0/s1. The number of aliphatic carboxylic acids is 1. The highest BCUT2D eigenvalue weighted by atomic mass is 16.4. The molecule has 2 aromatic carbocycles. The van der Waals surface area contributed by atoms with Crippen LogP contribution in [0.1, 0.15) is 64.5 Å². The minimum Gasteiger partial charge on any atom is -0.480 e. The first-order valence-electron chi connectivity index (χ1n) is 28.1. The maximum Gasteiger partial charge on any atom is 0.326 e. The molecule has 33 nitrogen and oxygen atoms in total. The number of aliphatic hydroxyl groups is 3. The number of hydrogen-bond donors (Lipinski definition) is 20. The lowest BCUT2D eigenvalue weighted by atomic mass is 9.98. The Morgan fingerprint density at radius 3 is 1.36 bits per heavy atom. The normalized spacial score (nSPS) is 13.9. The van der Waals surface area contributed by atoms with Crippen molar-refractivity contribution in [2.75, 3.05) is 59.1 Å². The van der Waals surface area contributed by atoms with Crippen LogP contribution in [0.25, 0.3) is 0 Å². The molecule has 0 aliphatic carbocycles. The van der Waals surface area contributed by atoms with Crippen LogP contribution in [0.2, 0.25) is 0 Å². The largest absolute Gasteiger partial charge is 0.480 e. The number of guanidine groups is 1. The number of benzene rings is 2. The number of carboxylic acids is 1. The summed E-state index contributed by atoms with van der Waals surface area (Å²) in [6, 6.07) is 5.51. The molecule has 0 aliphatic heterocycles. The van der Waals surface area contributed by atoms with E-state index in [0.717, 1.165) is 0 Å². The number of hydrogen-bond acceptors (Lipinski definition) is 18. The molecule has 2 rings (SSSR count). The lowest BCUT2D eigenvalue weighted by molar-refractivity contribution is -0.142. The van der Waals surface area contributed by atoms with Gasteiger partial charge in [-0.3, -0.25) is 62.9 Å². The third-order valence-electron chi connectivity index (χ3n) is 12.9. The predicted octanol–water partition coefficient (Wildman–Crippen LogP) is -7.81. The minimum absolute atomic E-state index is 0.0104. The molecular formula is C55H84N16O17. The van der Waals surface area contributed by atoms with E-state index in [1.165, 1.54) is 0 Å². The smallest absolute Gasteiger partial charge is 0.326 e. The number of rotatable bonds is 40. The molecule has 88 heavy (non-hydrogen) atoms. The molecule has 0 radical (unpaired) electrons. The Labute approximate surface area is 507 Å². The molecule has 486 valence electrons. The Morgan fingerprint density at radius 1 is 0.466 bits per heavy atom. The molecule has 0 saturated heterocycles. The van der Waals surface area contributed by atoms with Crippen LogP contribution in [0, 0.1) is 17.2 Å². The Morgan fingerprint density at radius 2 is 0.875 bits per heavy atom. The number of nitrogens with one attached hydrogen (secondary N) is 14. The van der Waals surface area contributed by atoms with Crippen molar-refractivity contribution in [3.05, 3.63) is 71.8 Å². The van der Waals surface area contributed by atoms with E-state index in [-0.39, 0.29) is 50.5 Å². The van der Waals surface area contributed by atoms with E-state index >= 15 is 0 Å². The molecule has 0 saturated carbocycles. The molecule has 0 unspecified atom stereocenters.